The summed E-state index contributed by atoms with van der Waals surface area (Å²) in [5, 5.41) is 0. The number of aromatic nitrogens is 2. The predicted molar refractivity (Wildman–Crippen MR) is 74.5 cm³/mol. The van der Waals surface area contributed by atoms with Gasteiger partial charge in [0.1, 0.15) is 11.5 Å². The molecule has 3 aromatic rings. The molecule has 0 unspecified atom stereocenters. The summed E-state index contributed by atoms with van der Waals surface area (Å²) in [7, 11) is 0. The van der Waals surface area contributed by atoms with Crippen LogP contribution in [0, 0.1) is 0 Å². The van der Waals surface area contributed by atoms with E-state index >= 15 is 0 Å². The van der Waals surface area contributed by atoms with Gasteiger partial charge < -0.3 is 15.0 Å². The van der Waals surface area contributed by atoms with E-state index in [0.29, 0.717) is 0 Å². The molecule has 94 valence electrons. The van der Waals surface area contributed by atoms with Gasteiger partial charge in [-0.25, -0.2) is 4.98 Å². The van der Waals surface area contributed by atoms with Gasteiger partial charge in [-0.05, 0) is 48.5 Å². The zero-order chi connectivity index (χ0) is 13.1. The standard InChI is InChI=1S/C15H13N3O/c16-12-1-5-14(6-2-12)19-15-7-3-13(4-8-15)18-10-9-17-11-18/h1-11H,16H2. The van der Waals surface area contributed by atoms with Crippen molar-refractivity contribution in [3.8, 4) is 17.2 Å². The van der Waals surface area contributed by atoms with Crippen molar-refractivity contribution in [2.24, 2.45) is 0 Å². The Bertz CT molecular complexity index is 643. The summed E-state index contributed by atoms with van der Waals surface area (Å²) in [6, 6.07) is 15.1. The Morgan fingerprint density at radius 2 is 1.53 bits per heavy atom. The van der Waals surface area contributed by atoms with Crippen LogP contribution in [0.2, 0.25) is 0 Å². The van der Waals surface area contributed by atoms with Crippen molar-refractivity contribution in [1.29, 1.82) is 0 Å². The Morgan fingerprint density at radius 3 is 2.11 bits per heavy atom. The highest BCUT2D eigenvalue weighted by Crippen LogP contribution is 2.23. The van der Waals surface area contributed by atoms with Crippen molar-refractivity contribution in [3.63, 3.8) is 0 Å². The van der Waals surface area contributed by atoms with Gasteiger partial charge in [-0.15, -0.1) is 0 Å². The van der Waals surface area contributed by atoms with Crippen molar-refractivity contribution in [1.82, 2.24) is 9.55 Å². The molecule has 1 aromatic heterocycles. The average molecular weight is 251 g/mol. The molecule has 4 heteroatoms. The van der Waals surface area contributed by atoms with E-state index in [4.69, 9.17) is 10.5 Å². The third-order valence-electron chi connectivity index (χ3n) is 2.76. The quantitative estimate of drug-likeness (QED) is 0.727. The summed E-state index contributed by atoms with van der Waals surface area (Å²) in [5.41, 5.74) is 7.40. The van der Waals surface area contributed by atoms with Crippen LogP contribution in [-0.4, -0.2) is 9.55 Å². The number of benzene rings is 2. The summed E-state index contributed by atoms with van der Waals surface area (Å²) in [6.45, 7) is 0. The van der Waals surface area contributed by atoms with Crippen molar-refractivity contribution >= 4 is 5.69 Å². The first kappa shape index (κ1) is 11.3. The summed E-state index contributed by atoms with van der Waals surface area (Å²) in [6.07, 6.45) is 5.41. The lowest BCUT2D eigenvalue weighted by Gasteiger charge is -2.07. The number of ether oxygens (including phenoxy) is 1. The number of nitrogens with zero attached hydrogens (tertiary/aromatic N) is 2. The molecule has 19 heavy (non-hydrogen) atoms. The van der Waals surface area contributed by atoms with E-state index in [-0.39, 0.29) is 0 Å². The molecular formula is C15H13N3O. The lowest BCUT2D eigenvalue weighted by molar-refractivity contribution is 0.482. The van der Waals surface area contributed by atoms with E-state index in [1.54, 1.807) is 12.5 Å². The fraction of sp³-hybridized carbons (Fsp3) is 0. The Labute approximate surface area is 111 Å². The molecule has 0 atom stereocenters. The van der Waals surface area contributed by atoms with Crippen LogP contribution in [0.1, 0.15) is 0 Å². The SMILES string of the molecule is Nc1ccc(Oc2ccc(-n3ccnc3)cc2)cc1. The van der Waals surface area contributed by atoms with E-state index in [0.717, 1.165) is 22.9 Å². The lowest BCUT2D eigenvalue weighted by Crippen LogP contribution is -1.90. The Balaban J connectivity index is 1.77. The molecule has 0 fully saturated rings. The topological polar surface area (TPSA) is 53.1 Å². The van der Waals surface area contributed by atoms with Crippen LogP contribution in [-0.2, 0) is 0 Å². The van der Waals surface area contributed by atoms with Gasteiger partial charge in [0, 0.05) is 23.8 Å². The minimum Gasteiger partial charge on any atom is -0.457 e. The maximum atomic E-state index is 5.73. The fourth-order valence-corrected chi connectivity index (χ4v) is 1.77. The molecule has 0 aliphatic rings. The third kappa shape index (κ3) is 2.57. The van der Waals surface area contributed by atoms with Gasteiger partial charge in [0.25, 0.3) is 0 Å². The van der Waals surface area contributed by atoms with Crippen LogP contribution in [0.3, 0.4) is 0 Å². The zero-order valence-corrected chi connectivity index (χ0v) is 10.2. The fourth-order valence-electron chi connectivity index (χ4n) is 1.77. The van der Waals surface area contributed by atoms with Crippen molar-refractivity contribution in [2.45, 2.75) is 0 Å². The highest BCUT2D eigenvalue weighted by atomic mass is 16.5. The van der Waals surface area contributed by atoms with E-state index < -0.39 is 0 Å². The van der Waals surface area contributed by atoms with Gasteiger partial charge in [0.2, 0.25) is 0 Å². The van der Waals surface area contributed by atoms with Crippen LogP contribution in [0.4, 0.5) is 5.69 Å². The van der Waals surface area contributed by atoms with Gasteiger partial charge in [0.05, 0.1) is 6.33 Å². The minimum absolute atomic E-state index is 0.725. The number of hydrogen-bond donors (Lipinski definition) is 1. The maximum absolute atomic E-state index is 5.73. The maximum Gasteiger partial charge on any atom is 0.127 e. The van der Waals surface area contributed by atoms with Crippen molar-refractivity contribution < 1.29 is 4.74 Å². The summed E-state index contributed by atoms with van der Waals surface area (Å²) in [5.74, 6) is 1.55. The molecule has 0 aliphatic carbocycles. The molecular weight excluding hydrogens is 238 g/mol. The molecule has 0 bridgehead atoms. The van der Waals surface area contributed by atoms with Gasteiger partial charge in [-0.3, -0.25) is 0 Å². The Morgan fingerprint density at radius 1 is 0.895 bits per heavy atom. The number of rotatable bonds is 3. The molecule has 0 amide bonds. The zero-order valence-electron chi connectivity index (χ0n) is 10.2. The van der Waals surface area contributed by atoms with Gasteiger partial charge in [0.15, 0.2) is 0 Å². The number of nitrogens with two attached hydrogens (primary N) is 1. The second kappa shape index (κ2) is 4.86. The van der Waals surface area contributed by atoms with Crippen molar-refractivity contribution in [2.75, 3.05) is 5.73 Å². The Hall–Kier alpha value is -2.75. The largest absolute Gasteiger partial charge is 0.457 e. The minimum atomic E-state index is 0.725. The van der Waals surface area contributed by atoms with E-state index in [1.165, 1.54) is 0 Å². The second-order valence-electron chi connectivity index (χ2n) is 4.13. The monoisotopic (exact) mass is 251 g/mol. The normalized spacial score (nSPS) is 10.3. The number of hydrogen-bond acceptors (Lipinski definition) is 3. The molecule has 2 aromatic carbocycles. The Kier molecular flexibility index (Phi) is 2.90. The first-order valence-corrected chi connectivity index (χ1v) is 5.93. The van der Waals surface area contributed by atoms with E-state index in [9.17, 15) is 0 Å². The summed E-state index contributed by atoms with van der Waals surface area (Å²) < 4.78 is 7.66. The van der Waals surface area contributed by atoms with Crippen molar-refractivity contribution in [3.05, 3.63) is 67.3 Å². The highest BCUT2D eigenvalue weighted by Gasteiger charge is 1.99. The summed E-state index contributed by atoms with van der Waals surface area (Å²) in [4.78, 5) is 4.02. The van der Waals surface area contributed by atoms with Gasteiger partial charge >= 0.3 is 0 Å². The number of nitrogen functional groups attached to an aromatic ring is 1. The lowest BCUT2D eigenvalue weighted by atomic mass is 10.3. The molecule has 0 spiro atoms. The third-order valence-corrected chi connectivity index (χ3v) is 2.76. The van der Waals surface area contributed by atoms with Crippen LogP contribution in [0.25, 0.3) is 5.69 Å². The van der Waals surface area contributed by atoms with Crippen LogP contribution in [0.5, 0.6) is 11.5 Å². The number of imidazole rings is 1. The van der Waals surface area contributed by atoms with Crippen LogP contribution >= 0.6 is 0 Å². The number of anilines is 1. The van der Waals surface area contributed by atoms with Gasteiger partial charge in [-0.2, -0.15) is 0 Å². The van der Waals surface area contributed by atoms with Gasteiger partial charge in [-0.1, -0.05) is 0 Å². The van der Waals surface area contributed by atoms with E-state index in [1.807, 2.05) is 59.3 Å². The molecule has 0 saturated heterocycles. The highest BCUT2D eigenvalue weighted by molar-refractivity contribution is 5.44. The molecule has 3 rings (SSSR count). The first-order chi connectivity index (χ1) is 9.31. The second-order valence-corrected chi connectivity index (χ2v) is 4.13. The first-order valence-electron chi connectivity index (χ1n) is 5.93. The summed E-state index contributed by atoms with van der Waals surface area (Å²) >= 11 is 0. The smallest absolute Gasteiger partial charge is 0.127 e. The molecule has 2 N–H and O–H groups in total. The molecule has 4 nitrogen and oxygen atoms in total. The molecule has 1 heterocycles. The molecule has 0 aliphatic heterocycles. The molecule has 0 radical (unpaired) electrons. The average Bonchev–Trinajstić information content (AvgIpc) is 2.96. The molecule has 0 saturated carbocycles. The van der Waals surface area contributed by atoms with E-state index in [2.05, 4.69) is 4.98 Å². The van der Waals surface area contributed by atoms with Crippen LogP contribution in [0.15, 0.2) is 67.3 Å². The predicted octanol–water partition coefficient (Wildman–Crippen LogP) is 3.25. The van der Waals surface area contributed by atoms with Crippen LogP contribution < -0.4 is 10.5 Å².